The van der Waals surface area contributed by atoms with E-state index in [9.17, 15) is 10.1 Å². The molecule has 0 aromatic heterocycles. The van der Waals surface area contributed by atoms with Crippen LogP contribution in [0.1, 0.15) is 18.4 Å². The summed E-state index contributed by atoms with van der Waals surface area (Å²) in [5, 5.41) is 13.5. The van der Waals surface area contributed by atoms with Gasteiger partial charge in [0, 0.05) is 5.69 Å². The van der Waals surface area contributed by atoms with Crippen molar-refractivity contribution in [1.29, 1.82) is 0 Å². The van der Waals surface area contributed by atoms with E-state index < -0.39 is 4.92 Å². The summed E-state index contributed by atoms with van der Waals surface area (Å²) >= 11 is 0. The van der Waals surface area contributed by atoms with Crippen LogP contribution in [0, 0.1) is 10.1 Å². The van der Waals surface area contributed by atoms with Crippen molar-refractivity contribution in [2.24, 2.45) is 0 Å². The minimum absolute atomic E-state index is 0.406. The van der Waals surface area contributed by atoms with Crippen LogP contribution in [0.5, 0.6) is 0 Å². The number of benzene rings is 1. The summed E-state index contributed by atoms with van der Waals surface area (Å²) < 4.78 is 0. The van der Waals surface area contributed by atoms with Crippen LogP contribution < -0.4 is 5.32 Å². The normalized spacial score (nSPS) is 17.7. The van der Waals surface area contributed by atoms with Crippen LogP contribution in [0.4, 0.5) is 5.69 Å². The van der Waals surface area contributed by atoms with Crippen molar-refractivity contribution in [3.8, 4) is 0 Å². The molecule has 1 aliphatic rings. The van der Waals surface area contributed by atoms with Crippen LogP contribution in [-0.2, 0) is 6.42 Å². The molecule has 0 radical (unpaired) electrons. The molecule has 15 heavy (non-hydrogen) atoms. The quantitative estimate of drug-likeness (QED) is 0.565. The predicted octanol–water partition coefficient (Wildman–Crippen LogP) is 2.55. The van der Waals surface area contributed by atoms with Crippen LogP contribution in [0.2, 0.25) is 0 Å². The molecule has 0 atom stereocenters. The third-order valence-electron chi connectivity index (χ3n) is 2.47. The Hall–Kier alpha value is -1.84. The van der Waals surface area contributed by atoms with Crippen LogP contribution >= 0.6 is 0 Å². The monoisotopic (exact) mass is 204 g/mol. The van der Waals surface area contributed by atoms with Gasteiger partial charge in [0.1, 0.15) is 0 Å². The van der Waals surface area contributed by atoms with Crippen molar-refractivity contribution in [2.45, 2.75) is 19.3 Å². The lowest BCUT2D eigenvalue weighted by Gasteiger charge is -2.06. The molecule has 1 aromatic carbocycles. The molecule has 0 saturated carbocycles. The predicted molar refractivity (Wildman–Crippen MR) is 58.1 cm³/mol. The Morgan fingerprint density at radius 3 is 2.93 bits per heavy atom. The van der Waals surface area contributed by atoms with Gasteiger partial charge < -0.3 is 5.32 Å². The number of hydrogen-bond acceptors (Lipinski definition) is 3. The van der Waals surface area contributed by atoms with Crippen molar-refractivity contribution in [1.82, 2.24) is 0 Å². The topological polar surface area (TPSA) is 55.2 Å². The SMILES string of the molecule is O=[N+]([O-])C=C1CCCc2ccccc2N1. The number of fused-ring (bicyclic) bond motifs is 1. The molecule has 78 valence electrons. The lowest BCUT2D eigenvalue weighted by atomic mass is 10.1. The molecule has 1 aliphatic heterocycles. The highest BCUT2D eigenvalue weighted by Gasteiger charge is 2.11. The highest BCUT2D eigenvalue weighted by Crippen LogP contribution is 2.24. The summed E-state index contributed by atoms with van der Waals surface area (Å²) in [6.45, 7) is 0. The van der Waals surface area contributed by atoms with E-state index in [1.165, 1.54) is 5.56 Å². The van der Waals surface area contributed by atoms with E-state index in [0.717, 1.165) is 31.1 Å². The summed E-state index contributed by atoms with van der Waals surface area (Å²) in [6.07, 6.45) is 3.71. The van der Waals surface area contributed by atoms with E-state index in [-0.39, 0.29) is 0 Å². The van der Waals surface area contributed by atoms with Crippen molar-refractivity contribution >= 4 is 5.69 Å². The highest BCUT2D eigenvalue weighted by molar-refractivity contribution is 5.55. The molecule has 0 aliphatic carbocycles. The molecule has 0 fully saturated rings. The van der Waals surface area contributed by atoms with Crippen molar-refractivity contribution in [2.75, 3.05) is 5.32 Å². The van der Waals surface area contributed by atoms with Gasteiger partial charge >= 0.3 is 0 Å². The lowest BCUT2D eigenvalue weighted by Crippen LogP contribution is -2.01. The molecule has 1 aromatic rings. The van der Waals surface area contributed by atoms with E-state index in [1.807, 2.05) is 18.2 Å². The molecular formula is C11H12N2O2. The van der Waals surface area contributed by atoms with Crippen molar-refractivity contribution in [3.05, 3.63) is 51.8 Å². The number of para-hydroxylation sites is 1. The minimum atomic E-state index is -0.406. The second-order valence-electron chi connectivity index (χ2n) is 3.58. The zero-order valence-electron chi connectivity index (χ0n) is 8.27. The smallest absolute Gasteiger partial charge is 0.253 e. The zero-order valence-corrected chi connectivity index (χ0v) is 8.27. The lowest BCUT2D eigenvalue weighted by molar-refractivity contribution is -0.403. The fraction of sp³-hybridized carbons (Fsp3) is 0.273. The van der Waals surface area contributed by atoms with Crippen LogP contribution in [0.25, 0.3) is 0 Å². The van der Waals surface area contributed by atoms with Gasteiger partial charge in [0.15, 0.2) is 0 Å². The first kappa shape index (κ1) is 9.71. The van der Waals surface area contributed by atoms with Gasteiger partial charge in [-0.1, -0.05) is 18.2 Å². The van der Waals surface area contributed by atoms with Gasteiger partial charge in [-0.15, -0.1) is 0 Å². The maximum Gasteiger partial charge on any atom is 0.253 e. The summed E-state index contributed by atoms with van der Waals surface area (Å²) in [6, 6.07) is 7.93. The molecule has 0 amide bonds. The van der Waals surface area contributed by atoms with E-state index in [0.29, 0.717) is 5.70 Å². The zero-order chi connectivity index (χ0) is 10.7. The van der Waals surface area contributed by atoms with Gasteiger partial charge in [-0.05, 0) is 30.9 Å². The first-order valence-corrected chi connectivity index (χ1v) is 4.95. The van der Waals surface area contributed by atoms with E-state index >= 15 is 0 Å². The highest BCUT2D eigenvalue weighted by atomic mass is 16.6. The molecule has 1 heterocycles. The number of aryl methyl sites for hydroxylation is 1. The Balaban J connectivity index is 2.28. The number of nitro groups is 1. The second kappa shape index (κ2) is 4.13. The van der Waals surface area contributed by atoms with E-state index in [2.05, 4.69) is 11.4 Å². The van der Waals surface area contributed by atoms with Gasteiger partial charge in [0.05, 0.1) is 10.6 Å². The number of allylic oxidation sites excluding steroid dienone is 1. The van der Waals surface area contributed by atoms with Gasteiger partial charge in [-0.2, -0.15) is 0 Å². The summed E-state index contributed by atoms with van der Waals surface area (Å²) in [5.41, 5.74) is 2.90. The van der Waals surface area contributed by atoms with Gasteiger partial charge in [-0.25, -0.2) is 0 Å². The van der Waals surface area contributed by atoms with Gasteiger partial charge in [0.2, 0.25) is 0 Å². The molecule has 0 unspecified atom stereocenters. The fourth-order valence-electron chi connectivity index (χ4n) is 1.79. The third-order valence-corrected chi connectivity index (χ3v) is 2.47. The first-order valence-electron chi connectivity index (χ1n) is 4.95. The second-order valence-corrected chi connectivity index (χ2v) is 3.58. The number of hydrogen-bond donors (Lipinski definition) is 1. The standard InChI is InChI=1S/C11H12N2O2/c14-13(15)8-10-6-3-5-9-4-1-2-7-11(9)12-10/h1-2,4,7-8,12H,3,5-6H2. The van der Waals surface area contributed by atoms with Gasteiger partial charge in [-0.3, -0.25) is 10.1 Å². The summed E-state index contributed by atoms with van der Waals surface area (Å²) in [5.74, 6) is 0. The van der Waals surface area contributed by atoms with Crippen LogP contribution in [0.3, 0.4) is 0 Å². The fourth-order valence-corrected chi connectivity index (χ4v) is 1.79. The van der Waals surface area contributed by atoms with E-state index in [4.69, 9.17) is 0 Å². The number of anilines is 1. The molecule has 2 rings (SSSR count). The van der Waals surface area contributed by atoms with Crippen molar-refractivity contribution in [3.63, 3.8) is 0 Å². The third kappa shape index (κ3) is 2.34. The Bertz CT molecular complexity index is 413. The molecule has 1 N–H and O–H groups in total. The molecule has 0 bridgehead atoms. The minimum Gasteiger partial charge on any atom is -0.354 e. The average Bonchev–Trinajstić information content (AvgIpc) is 2.38. The molecule has 4 nitrogen and oxygen atoms in total. The number of rotatable bonds is 1. The maximum atomic E-state index is 10.4. The Labute approximate surface area is 87.8 Å². The van der Waals surface area contributed by atoms with Crippen molar-refractivity contribution < 1.29 is 4.92 Å². The Kier molecular flexibility index (Phi) is 2.67. The summed E-state index contributed by atoms with van der Waals surface area (Å²) in [4.78, 5) is 9.97. The number of nitrogens with one attached hydrogen (secondary N) is 1. The first-order chi connectivity index (χ1) is 7.25. The van der Waals surface area contributed by atoms with E-state index in [1.54, 1.807) is 0 Å². The molecule has 0 saturated heterocycles. The van der Waals surface area contributed by atoms with Crippen LogP contribution in [-0.4, -0.2) is 4.92 Å². The maximum absolute atomic E-state index is 10.4. The summed E-state index contributed by atoms with van der Waals surface area (Å²) in [7, 11) is 0. The molecule has 0 spiro atoms. The molecule has 4 heteroatoms. The Morgan fingerprint density at radius 1 is 1.33 bits per heavy atom. The van der Waals surface area contributed by atoms with Gasteiger partial charge in [0.25, 0.3) is 6.20 Å². The Morgan fingerprint density at radius 2 is 2.13 bits per heavy atom. The average molecular weight is 204 g/mol. The largest absolute Gasteiger partial charge is 0.354 e. The molecular weight excluding hydrogens is 192 g/mol. The number of nitrogens with zero attached hydrogens (tertiary/aromatic N) is 1. The van der Waals surface area contributed by atoms with Crippen LogP contribution in [0.15, 0.2) is 36.2 Å².